The molecule has 130 valence electrons. The lowest BCUT2D eigenvalue weighted by Crippen LogP contribution is -2.65. The van der Waals surface area contributed by atoms with Crippen molar-refractivity contribution < 1.29 is 9.53 Å². The summed E-state index contributed by atoms with van der Waals surface area (Å²) in [6, 6.07) is 0.404. The molecule has 2 aliphatic carbocycles. The highest BCUT2D eigenvalue weighted by Crippen LogP contribution is 2.56. The molecule has 1 spiro atoms. The summed E-state index contributed by atoms with van der Waals surface area (Å²) in [7, 11) is 0. The van der Waals surface area contributed by atoms with E-state index in [0.717, 1.165) is 32.4 Å². The number of hydrogen-bond donors (Lipinski definition) is 1. The number of ether oxygens (including phenoxy) is 1. The monoisotopic (exact) mass is 332 g/mol. The Kier molecular flexibility index (Phi) is 8.15. The Morgan fingerprint density at radius 3 is 2.55 bits per heavy atom. The Labute approximate surface area is 141 Å². The van der Waals surface area contributed by atoms with Crippen LogP contribution in [0.3, 0.4) is 0 Å². The van der Waals surface area contributed by atoms with E-state index in [4.69, 9.17) is 10.5 Å². The van der Waals surface area contributed by atoms with E-state index in [9.17, 15) is 4.79 Å². The van der Waals surface area contributed by atoms with E-state index >= 15 is 0 Å². The number of amides is 1. The fourth-order valence-electron chi connectivity index (χ4n) is 4.38. The average molecular weight is 333 g/mol. The lowest BCUT2D eigenvalue weighted by molar-refractivity contribution is -0.176. The Hall–Kier alpha value is -0.320. The Morgan fingerprint density at radius 1 is 1.32 bits per heavy atom. The van der Waals surface area contributed by atoms with Gasteiger partial charge in [-0.25, -0.2) is 0 Å². The van der Waals surface area contributed by atoms with E-state index in [2.05, 4.69) is 18.7 Å². The van der Waals surface area contributed by atoms with E-state index in [1.807, 2.05) is 0 Å². The van der Waals surface area contributed by atoms with Gasteiger partial charge in [-0.1, -0.05) is 19.8 Å². The van der Waals surface area contributed by atoms with E-state index < -0.39 is 0 Å². The number of carbonyl (C=O) groups is 1. The van der Waals surface area contributed by atoms with Crippen molar-refractivity contribution in [3.8, 4) is 0 Å². The first-order valence-electron chi connectivity index (χ1n) is 8.80. The van der Waals surface area contributed by atoms with Crippen LogP contribution >= 0.6 is 12.4 Å². The van der Waals surface area contributed by atoms with Crippen LogP contribution in [-0.2, 0) is 9.53 Å². The minimum Gasteiger partial charge on any atom is -0.378 e. The molecular weight excluding hydrogens is 300 g/mol. The summed E-state index contributed by atoms with van der Waals surface area (Å²) in [5.41, 5.74) is 5.81. The standard InChI is InChI=1S/C17H32N2O2.ClH/c1-3-12-19(16(20)8-7-11-18)14-13-15(21-4-2)17(14)9-5-6-10-17;/h14-15H,3-13,18H2,1-2H3;1H. The summed E-state index contributed by atoms with van der Waals surface area (Å²) in [4.78, 5) is 14.7. The van der Waals surface area contributed by atoms with Gasteiger partial charge >= 0.3 is 0 Å². The first kappa shape index (κ1) is 19.7. The number of nitrogens with two attached hydrogens (primary N) is 1. The molecule has 0 radical (unpaired) electrons. The van der Waals surface area contributed by atoms with Crippen molar-refractivity contribution in [1.82, 2.24) is 4.90 Å². The van der Waals surface area contributed by atoms with E-state index in [-0.39, 0.29) is 17.8 Å². The third-order valence-electron chi connectivity index (χ3n) is 5.40. The molecule has 0 aliphatic heterocycles. The fraction of sp³-hybridized carbons (Fsp3) is 0.941. The van der Waals surface area contributed by atoms with Gasteiger partial charge in [-0.05, 0) is 45.6 Å². The second-order valence-electron chi connectivity index (χ2n) is 6.62. The van der Waals surface area contributed by atoms with Gasteiger partial charge < -0.3 is 15.4 Å². The molecule has 0 aromatic heterocycles. The molecule has 2 saturated carbocycles. The van der Waals surface area contributed by atoms with Crippen molar-refractivity contribution in [2.24, 2.45) is 11.1 Å². The van der Waals surface area contributed by atoms with Crippen molar-refractivity contribution in [3.05, 3.63) is 0 Å². The van der Waals surface area contributed by atoms with Crippen molar-refractivity contribution in [2.75, 3.05) is 19.7 Å². The zero-order valence-corrected chi connectivity index (χ0v) is 15.0. The molecule has 1 amide bonds. The molecular formula is C17H33ClN2O2. The molecule has 2 atom stereocenters. The first-order chi connectivity index (χ1) is 10.2. The number of nitrogens with zero attached hydrogens (tertiary/aromatic N) is 1. The summed E-state index contributed by atoms with van der Waals surface area (Å²) < 4.78 is 5.98. The number of carbonyl (C=O) groups excluding carboxylic acids is 1. The minimum absolute atomic E-state index is 0. The zero-order chi connectivity index (χ0) is 15.3. The van der Waals surface area contributed by atoms with E-state index in [1.54, 1.807) is 0 Å². The Bertz CT molecular complexity index is 346. The highest BCUT2D eigenvalue weighted by Gasteiger charge is 2.59. The normalized spacial score (nSPS) is 25.6. The summed E-state index contributed by atoms with van der Waals surface area (Å²) in [5, 5.41) is 0. The second kappa shape index (κ2) is 9.09. The maximum Gasteiger partial charge on any atom is 0.222 e. The molecule has 2 rings (SSSR count). The molecule has 4 nitrogen and oxygen atoms in total. The second-order valence-corrected chi connectivity index (χ2v) is 6.62. The highest BCUT2D eigenvalue weighted by molar-refractivity contribution is 5.85. The van der Waals surface area contributed by atoms with Gasteiger partial charge in [0, 0.05) is 31.0 Å². The van der Waals surface area contributed by atoms with Crippen molar-refractivity contribution in [2.45, 2.75) is 77.4 Å². The number of halogens is 1. The van der Waals surface area contributed by atoms with Gasteiger partial charge in [0.1, 0.15) is 0 Å². The predicted octanol–water partition coefficient (Wildman–Crippen LogP) is 3.12. The molecule has 0 bridgehead atoms. The van der Waals surface area contributed by atoms with Gasteiger partial charge in [-0.3, -0.25) is 4.79 Å². The van der Waals surface area contributed by atoms with Crippen LogP contribution in [0.2, 0.25) is 0 Å². The molecule has 22 heavy (non-hydrogen) atoms. The largest absolute Gasteiger partial charge is 0.378 e. The molecule has 0 saturated heterocycles. The quantitative estimate of drug-likeness (QED) is 0.743. The average Bonchev–Trinajstić information content (AvgIpc) is 2.99. The van der Waals surface area contributed by atoms with Crippen molar-refractivity contribution in [1.29, 1.82) is 0 Å². The summed E-state index contributed by atoms with van der Waals surface area (Å²) in [5.74, 6) is 0.300. The van der Waals surface area contributed by atoms with Gasteiger partial charge in [0.2, 0.25) is 5.91 Å². The predicted molar refractivity (Wildman–Crippen MR) is 92.3 cm³/mol. The van der Waals surface area contributed by atoms with Crippen LogP contribution in [0.4, 0.5) is 0 Å². The van der Waals surface area contributed by atoms with Gasteiger partial charge in [0.25, 0.3) is 0 Å². The lowest BCUT2D eigenvalue weighted by atomic mass is 9.59. The van der Waals surface area contributed by atoms with Gasteiger partial charge in [-0.2, -0.15) is 0 Å². The highest BCUT2D eigenvalue weighted by atomic mass is 35.5. The molecule has 2 N–H and O–H groups in total. The van der Waals surface area contributed by atoms with Crippen LogP contribution in [0, 0.1) is 5.41 Å². The van der Waals surface area contributed by atoms with Gasteiger partial charge in [0.05, 0.1) is 6.10 Å². The van der Waals surface area contributed by atoms with Gasteiger partial charge in [-0.15, -0.1) is 12.4 Å². The van der Waals surface area contributed by atoms with Crippen LogP contribution in [-0.4, -0.2) is 42.6 Å². The van der Waals surface area contributed by atoms with Crippen LogP contribution in [0.25, 0.3) is 0 Å². The molecule has 0 aromatic carbocycles. The number of rotatable bonds is 8. The Morgan fingerprint density at radius 2 is 2.00 bits per heavy atom. The van der Waals surface area contributed by atoms with Crippen LogP contribution in [0.1, 0.15) is 65.2 Å². The maximum atomic E-state index is 12.6. The van der Waals surface area contributed by atoms with Crippen LogP contribution < -0.4 is 5.73 Å². The third kappa shape index (κ3) is 3.77. The summed E-state index contributed by atoms with van der Waals surface area (Å²) in [6.07, 6.45) is 8.86. The van der Waals surface area contributed by atoms with Crippen LogP contribution in [0.15, 0.2) is 0 Å². The first-order valence-corrected chi connectivity index (χ1v) is 8.80. The fourth-order valence-corrected chi connectivity index (χ4v) is 4.38. The summed E-state index contributed by atoms with van der Waals surface area (Å²) >= 11 is 0. The lowest BCUT2D eigenvalue weighted by Gasteiger charge is -2.57. The molecule has 2 fully saturated rings. The van der Waals surface area contributed by atoms with Gasteiger partial charge in [0.15, 0.2) is 0 Å². The minimum atomic E-state index is 0. The molecule has 0 aromatic rings. The molecule has 5 heteroatoms. The van der Waals surface area contributed by atoms with E-state index in [0.29, 0.717) is 31.0 Å². The topological polar surface area (TPSA) is 55.6 Å². The molecule has 2 aliphatic rings. The van der Waals surface area contributed by atoms with Crippen molar-refractivity contribution >= 4 is 18.3 Å². The number of hydrogen-bond acceptors (Lipinski definition) is 3. The SMILES string of the molecule is CCCN(C(=O)CCCN)C1CC(OCC)C12CCCC2.Cl. The van der Waals surface area contributed by atoms with E-state index in [1.165, 1.54) is 25.7 Å². The maximum absolute atomic E-state index is 12.6. The van der Waals surface area contributed by atoms with Crippen LogP contribution in [0.5, 0.6) is 0 Å². The van der Waals surface area contributed by atoms with Crippen molar-refractivity contribution in [3.63, 3.8) is 0 Å². The smallest absolute Gasteiger partial charge is 0.222 e. The third-order valence-corrected chi connectivity index (χ3v) is 5.40. The molecule has 2 unspecified atom stereocenters. The Balaban J connectivity index is 0.00000242. The zero-order valence-electron chi connectivity index (χ0n) is 14.2. The molecule has 0 heterocycles. The summed E-state index contributed by atoms with van der Waals surface area (Å²) in [6.45, 7) is 6.50.